The van der Waals surface area contributed by atoms with Crippen LogP contribution in [0.3, 0.4) is 0 Å². The number of halogens is 1. The van der Waals surface area contributed by atoms with Gasteiger partial charge in [-0.25, -0.2) is 4.98 Å². The number of benzene rings is 1. The van der Waals surface area contributed by atoms with E-state index in [9.17, 15) is 9.59 Å². The minimum Gasteiger partial charge on any atom is -0.368 e. The minimum atomic E-state index is -0.930. The van der Waals surface area contributed by atoms with Crippen LogP contribution in [0.5, 0.6) is 0 Å². The first-order valence-electron chi connectivity index (χ1n) is 7.26. The van der Waals surface area contributed by atoms with Gasteiger partial charge in [0.15, 0.2) is 0 Å². The van der Waals surface area contributed by atoms with Crippen LogP contribution >= 0.6 is 15.9 Å². The number of pyridine rings is 1. The highest BCUT2D eigenvalue weighted by atomic mass is 79.9. The van der Waals surface area contributed by atoms with Crippen molar-refractivity contribution in [2.45, 2.75) is 13.0 Å². The fourth-order valence-corrected chi connectivity index (χ4v) is 2.88. The Morgan fingerprint density at radius 3 is 2.67 bits per heavy atom. The van der Waals surface area contributed by atoms with Gasteiger partial charge in [0.1, 0.15) is 17.4 Å². The molecule has 0 radical (unpaired) electrons. The first-order chi connectivity index (χ1) is 11.5. The summed E-state index contributed by atoms with van der Waals surface area (Å²) in [5, 5.41) is 2.65. The average molecular weight is 387 g/mol. The number of rotatable bonds is 4. The normalized spacial score (nSPS) is 12.1. The van der Waals surface area contributed by atoms with E-state index >= 15 is 0 Å². The number of aromatic nitrogens is 2. The number of hydrogen-bond acceptors (Lipinski definition) is 3. The van der Waals surface area contributed by atoms with E-state index in [2.05, 4.69) is 26.2 Å². The van der Waals surface area contributed by atoms with Crippen molar-refractivity contribution in [2.75, 3.05) is 0 Å². The maximum atomic E-state index is 12.5. The Bertz CT molecular complexity index is 935. The minimum absolute atomic E-state index is 0.227. The Hall–Kier alpha value is -2.67. The second kappa shape index (κ2) is 6.45. The van der Waals surface area contributed by atoms with Crippen molar-refractivity contribution < 1.29 is 9.59 Å². The van der Waals surface area contributed by atoms with E-state index in [4.69, 9.17) is 5.73 Å². The van der Waals surface area contributed by atoms with Gasteiger partial charge in [0.25, 0.3) is 5.91 Å². The third-order valence-electron chi connectivity index (χ3n) is 3.67. The number of nitrogens with one attached hydrogen (secondary N) is 1. The quantitative estimate of drug-likeness (QED) is 0.720. The van der Waals surface area contributed by atoms with E-state index in [1.54, 1.807) is 24.4 Å². The van der Waals surface area contributed by atoms with Crippen molar-refractivity contribution in [3.05, 3.63) is 70.1 Å². The summed E-state index contributed by atoms with van der Waals surface area (Å²) in [5.41, 5.74) is 7.90. The van der Waals surface area contributed by atoms with Gasteiger partial charge in [0.05, 0.1) is 0 Å². The summed E-state index contributed by atoms with van der Waals surface area (Å²) in [6.45, 7) is 1.92. The molecule has 0 aliphatic carbocycles. The van der Waals surface area contributed by atoms with Crippen LogP contribution in [0.1, 0.15) is 27.8 Å². The van der Waals surface area contributed by atoms with Crippen LogP contribution < -0.4 is 11.1 Å². The van der Waals surface area contributed by atoms with Crippen LogP contribution in [-0.4, -0.2) is 21.2 Å². The molecule has 3 N–H and O–H groups in total. The standard InChI is InChI=1S/C17H15BrN4O2/c1-10-4-2-7-14-20-13(9-22(10)14)17(24)21-15(16(19)23)11-5-3-6-12(18)8-11/h2-9,15H,1H3,(H2,19,23)(H,21,24)/t15-/m1/s1. The van der Waals surface area contributed by atoms with Gasteiger partial charge >= 0.3 is 0 Å². The fourth-order valence-electron chi connectivity index (χ4n) is 2.47. The highest BCUT2D eigenvalue weighted by molar-refractivity contribution is 9.10. The summed E-state index contributed by atoms with van der Waals surface area (Å²) < 4.78 is 2.61. The number of fused-ring (bicyclic) bond motifs is 1. The van der Waals surface area contributed by atoms with E-state index in [1.165, 1.54) is 0 Å². The summed E-state index contributed by atoms with van der Waals surface area (Å²) in [7, 11) is 0. The maximum absolute atomic E-state index is 12.5. The molecule has 122 valence electrons. The number of amides is 2. The zero-order valence-corrected chi connectivity index (χ0v) is 14.4. The topological polar surface area (TPSA) is 89.5 Å². The first kappa shape index (κ1) is 16.2. The molecule has 0 aliphatic rings. The summed E-state index contributed by atoms with van der Waals surface area (Å²) in [6, 6.07) is 11.7. The lowest BCUT2D eigenvalue weighted by molar-refractivity contribution is -0.120. The Labute approximate surface area is 146 Å². The number of carbonyl (C=O) groups is 2. The van der Waals surface area contributed by atoms with Crippen molar-refractivity contribution in [3.8, 4) is 0 Å². The lowest BCUT2D eigenvalue weighted by Crippen LogP contribution is -2.37. The van der Waals surface area contributed by atoms with Crippen molar-refractivity contribution in [1.82, 2.24) is 14.7 Å². The molecule has 2 heterocycles. The van der Waals surface area contributed by atoms with Gasteiger partial charge in [-0.05, 0) is 36.8 Å². The molecular weight excluding hydrogens is 372 g/mol. The summed E-state index contributed by atoms with van der Waals surface area (Å²) >= 11 is 3.34. The molecule has 0 saturated heterocycles. The van der Waals surface area contributed by atoms with Gasteiger partial charge in [-0.3, -0.25) is 9.59 Å². The Balaban J connectivity index is 1.90. The molecule has 0 saturated carbocycles. The Morgan fingerprint density at radius 1 is 1.25 bits per heavy atom. The zero-order valence-electron chi connectivity index (χ0n) is 12.9. The van der Waals surface area contributed by atoms with E-state index in [0.717, 1.165) is 10.2 Å². The van der Waals surface area contributed by atoms with Gasteiger partial charge in [-0.15, -0.1) is 0 Å². The lowest BCUT2D eigenvalue weighted by Gasteiger charge is -2.15. The highest BCUT2D eigenvalue weighted by Crippen LogP contribution is 2.19. The van der Waals surface area contributed by atoms with E-state index in [1.807, 2.05) is 35.6 Å². The van der Waals surface area contributed by atoms with Crippen LogP contribution in [-0.2, 0) is 4.79 Å². The number of hydrogen-bond donors (Lipinski definition) is 2. The zero-order chi connectivity index (χ0) is 17.3. The molecule has 0 fully saturated rings. The molecule has 2 amide bonds. The first-order valence-corrected chi connectivity index (χ1v) is 8.05. The van der Waals surface area contributed by atoms with Crippen LogP contribution in [0, 0.1) is 6.92 Å². The molecule has 0 unspecified atom stereocenters. The molecule has 1 aromatic carbocycles. The van der Waals surface area contributed by atoms with Crippen LogP contribution in [0.2, 0.25) is 0 Å². The van der Waals surface area contributed by atoms with Crippen molar-refractivity contribution in [3.63, 3.8) is 0 Å². The second-order valence-corrected chi connectivity index (χ2v) is 6.30. The number of carbonyl (C=O) groups excluding carboxylic acids is 2. The number of imidazole rings is 1. The smallest absolute Gasteiger partial charge is 0.272 e. The molecule has 7 heteroatoms. The fraction of sp³-hybridized carbons (Fsp3) is 0.118. The average Bonchev–Trinajstić information content (AvgIpc) is 2.98. The van der Waals surface area contributed by atoms with E-state index < -0.39 is 17.9 Å². The van der Waals surface area contributed by atoms with Crippen molar-refractivity contribution in [1.29, 1.82) is 0 Å². The van der Waals surface area contributed by atoms with Crippen LogP contribution in [0.4, 0.5) is 0 Å². The van der Waals surface area contributed by atoms with Gasteiger partial charge in [0.2, 0.25) is 5.91 Å². The predicted molar refractivity (Wildman–Crippen MR) is 93.5 cm³/mol. The molecule has 6 nitrogen and oxygen atoms in total. The van der Waals surface area contributed by atoms with Crippen molar-refractivity contribution in [2.24, 2.45) is 5.73 Å². The van der Waals surface area contributed by atoms with Gasteiger partial charge < -0.3 is 15.5 Å². The molecule has 0 aliphatic heterocycles. The number of aryl methyl sites for hydroxylation is 1. The summed E-state index contributed by atoms with van der Waals surface area (Å²) in [5.74, 6) is -1.09. The van der Waals surface area contributed by atoms with Crippen molar-refractivity contribution >= 4 is 33.4 Å². The number of nitrogens with zero attached hydrogens (tertiary/aromatic N) is 2. The molecule has 3 aromatic rings. The predicted octanol–water partition coefficient (Wildman–Crippen LogP) is 2.36. The summed E-state index contributed by atoms with van der Waals surface area (Å²) in [4.78, 5) is 28.5. The van der Waals surface area contributed by atoms with Gasteiger partial charge in [-0.1, -0.05) is 34.1 Å². The van der Waals surface area contributed by atoms with Gasteiger partial charge in [0, 0.05) is 16.4 Å². The largest absolute Gasteiger partial charge is 0.368 e. The third kappa shape index (κ3) is 3.16. The third-order valence-corrected chi connectivity index (χ3v) is 4.16. The highest BCUT2D eigenvalue weighted by Gasteiger charge is 2.22. The molecule has 1 atom stereocenters. The molecular formula is C17H15BrN4O2. The summed E-state index contributed by atoms with van der Waals surface area (Å²) in [6.07, 6.45) is 1.64. The number of primary amides is 1. The molecule has 0 bridgehead atoms. The van der Waals surface area contributed by atoms with Crippen LogP contribution in [0.25, 0.3) is 5.65 Å². The van der Waals surface area contributed by atoms with E-state index in [0.29, 0.717) is 11.2 Å². The molecule has 3 rings (SSSR count). The maximum Gasteiger partial charge on any atom is 0.272 e. The second-order valence-electron chi connectivity index (χ2n) is 5.39. The SMILES string of the molecule is Cc1cccc2nc(C(=O)N[C@@H](C(N)=O)c3cccc(Br)c3)cn12. The van der Waals surface area contributed by atoms with E-state index in [-0.39, 0.29) is 5.69 Å². The molecule has 24 heavy (non-hydrogen) atoms. The lowest BCUT2D eigenvalue weighted by atomic mass is 10.1. The Kier molecular flexibility index (Phi) is 4.35. The van der Waals surface area contributed by atoms with Gasteiger partial charge in [-0.2, -0.15) is 0 Å². The number of nitrogens with two attached hydrogens (primary N) is 1. The molecule has 0 spiro atoms. The monoisotopic (exact) mass is 386 g/mol. The Morgan fingerprint density at radius 2 is 2.00 bits per heavy atom. The molecule has 2 aromatic heterocycles. The van der Waals surface area contributed by atoms with Crippen LogP contribution in [0.15, 0.2) is 53.1 Å².